The van der Waals surface area contributed by atoms with Crippen LogP contribution in [-0.4, -0.2) is 32.3 Å². The van der Waals surface area contributed by atoms with Gasteiger partial charge in [-0.25, -0.2) is 4.98 Å². The summed E-state index contributed by atoms with van der Waals surface area (Å²) in [6.07, 6.45) is 3.42. The van der Waals surface area contributed by atoms with Crippen molar-refractivity contribution in [1.82, 2.24) is 25.1 Å². The second kappa shape index (κ2) is 7.28. The van der Waals surface area contributed by atoms with Crippen LogP contribution in [0.15, 0.2) is 67.0 Å². The molecule has 156 valence electrons. The van der Waals surface area contributed by atoms with E-state index >= 15 is 0 Å². The maximum absolute atomic E-state index is 13.6. The Balaban J connectivity index is 1.49. The molecule has 0 unspecified atom stereocenters. The summed E-state index contributed by atoms with van der Waals surface area (Å²) in [5.74, 6) is 0.671. The highest BCUT2D eigenvalue weighted by Crippen LogP contribution is 2.36. The number of aromatic amines is 2. The van der Waals surface area contributed by atoms with Crippen molar-refractivity contribution in [3.8, 4) is 38.8 Å². The van der Waals surface area contributed by atoms with Gasteiger partial charge in [-0.15, -0.1) is 11.3 Å². The number of methoxy groups -OCH3 is 1. The molecule has 2 N–H and O–H groups in total. The lowest BCUT2D eigenvalue weighted by Gasteiger charge is -2.04. The molecule has 0 aliphatic rings. The molecule has 6 aromatic rings. The Bertz CT molecular complexity index is 1600. The number of nitrogens with zero attached hydrogens (tertiary/aromatic N) is 3. The summed E-state index contributed by atoms with van der Waals surface area (Å²) in [7, 11) is 1.61. The summed E-state index contributed by atoms with van der Waals surface area (Å²) >= 11 is 1.14. The van der Waals surface area contributed by atoms with E-state index in [0.29, 0.717) is 5.75 Å². The first kappa shape index (κ1) is 18.7. The molecule has 0 saturated carbocycles. The zero-order chi connectivity index (χ0) is 21.7. The fourth-order valence-electron chi connectivity index (χ4n) is 3.87. The number of halogens is 1. The molecule has 0 aliphatic carbocycles. The topological polar surface area (TPSA) is 79.5 Å². The lowest BCUT2D eigenvalue weighted by atomic mass is 10.1. The Morgan fingerprint density at radius 1 is 1.00 bits per heavy atom. The van der Waals surface area contributed by atoms with E-state index in [0.717, 1.165) is 66.4 Å². The van der Waals surface area contributed by atoms with Gasteiger partial charge in [-0.2, -0.15) is 9.49 Å². The van der Waals surface area contributed by atoms with Gasteiger partial charge in [-0.05, 0) is 42.5 Å². The van der Waals surface area contributed by atoms with E-state index in [9.17, 15) is 4.39 Å². The summed E-state index contributed by atoms with van der Waals surface area (Å²) in [6.45, 7) is 0. The average Bonchev–Trinajstić information content (AvgIpc) is 3.55. The number of hydrogen-bond acceptors (Lipinski definition) is 5. The van der Waals surface area contributed by atoms with Crippen LogP contribution in [0.1, 0.15) is 0 Å². The zero-order valence-electron chi connectivity index (χ0n) is 16.9. The first-order valence-electron chi connectivity index (χ1n) is 9.92. The largest absolute Gasteiger partial charge is 0.495 e. The average molecular weight is 441 g/mol. The summed E-state index contributed by atoms with van der Waals surface area (Å²) in [5.41, 5.74) is 6.71. The number of thiophene rings is 1. The van der Waals surface area contributed by atoms with Gasteiger partial charge in [0.25, 0.3) is 0 Å². The number of rotatable bonds is 4. The number of aromatic nitrogens is 5. The number of benzene rings is 1. The Labute approximate surface area is 185 Å². The Kier molecular flexibility index (Phi) is 4.26. The number of H-pyrrole nitrogens is 2. The van der Waals surface area contributed by atoms with E-state index in [4.69, 9.17) is 9.72 Å². The lowest BCUT2D eigenvalue weighted by molar-refractivity contribution is 0.413. The van der Waals surface area contributed by atoms with Crippen LogP contribution in [0, 0.1) is 5.13 Å². The van der Waals surface area contributed by atoms with Crippen LogP contribution in [0.5, 0.6) is 5.75 Å². The molecule has 0 spiro atoms. The van der Waals surface area contributed by atoms with E-state index in [1.54, 1.807) is 25.6 Å². The van der Waals surface area contributed by atoms with Crippen LogP contribution in [0.2, 0.25) is 0 Å². The number of hydrogen-bond donors (Lipinski definition) is 2. The SMILES string of the molecule is COc1cncc(-c2ccc3[nH]nc(-c4cc5c(-c6ccc(F)s6)cccc5[nH]4)c3n2)c1. The molecule has 1 aromatic carbocycles. The highest BCUT2D eigenvalue weighted by Gasteiger charge is 2.16. The molecular formula is C24H16FN5OS. The molecule has 32 heavy (non-hydrogen) atoms. The van der Waals surface area contributed by atoms with Crippen LogP contribution in [0.4, 0.5) is 4.39 Å². The van der Waals surface area contributed by atoms with Gasteiger partial charge in [0.05, 0.1) is 30.2 Å². The smallest absolute Gasteiger partial charge is 0.176 e. The molecule has 8 heteroatoms. The minimum atomic E-state index is -0.199. The van der Waals surface area contributed by atoms with E-state index in [2.05, 4.69) is 20.2 Å². The van der Waals surface area contributed by atoms with E-state index in [1.807, 2.05) is 42.5 Å². The van der Waals surface area contributed by atoms with Crippen molar-refractivity contribution in [2.24, 2.45) is 0 Å². The molecule has 0 bridgehead atoms. The van der Waals surface area contributed by atoms with Crippen molar-refractivity contribution in [3.05, 3.63) is 72.1 Å². The third kappa shape index (κ3) is 3.04. The number of nitrogens with one attached hydrogen (secondary N) is 2. The normalized spacial score (nSPS) is 11.4. The van der Waals surface area contributed by atoms with Gasteiger partial charge in [0.1, 0.15) is 17.0 Å². The monoisotopic (exact) mass is 441 g/mol. The molecule has 0 aliphatic heterocycles. The maximum atomic E-state index is 13.6. The van der Waals surface area contributed by atoms with Crippen LogP contribution in [-0.2, 0) is 0 Å². The second-order valence-corrected chi connectivity index (χ2v) is 8.37. The van der Waals surface area contributed by atoms with Crippen LogP contribution in [0.3, 0.4) is 0 Å². The van der Waals surface area contributed by atoms with Gasteiger partial charge in [0.15, 0.2) is 5.13 Å². The van der Waals surface area contributed by atoms with Gasteiger partial charge in [0.2, 0.25) is 0 Å². The number of fused-ring (bicyclic) bond motifs is 2. The van der Waals surface area contributed by atoms with Crippen molar-refractivity contribution in [2.75, 3.05) is 7.11 Å². The molecule has 5 aromatic heterocycles. The highest BCUT2D eigenvalue weighted by molar-refractivity contribution is 7.14. The summed E-state index contributed by atoms with van der Waals surface area (Å²) in [6, 6.07) is 17.1. The number of pyridine rings is 2. The number of ether oxygens (including phenoxy) is 1. The summed E-state index contributed by atoms with van der Waals surface area (Å²) in [5, 5.41) is 8.39. The van der Waals surface area contributed by atoms with Crippen molar-refractivity contribution in [1.29, 1.82) is 0 Å². The minimum Gasteiger partial charge on any atom is -0.495 e. The molecule has 0 fully saturated rings. The molecule has 0 atom stereocenters. The van der Waals surface area contributed by atoms with Crippen LogP contribution < -0.4 is 4.74 Å². The lowest BCUT2D eigenvalue weighted by Crippen LogP contribution is -1.89. The molecule has 6 rings (SSSR count). The fraction of sp³-hybridized carbons (Fsp3) is 0.0417. The minimum absolute atomic E-state index is 0.199. The van der Waals surface area contributed by atoms with E-state index in [-0.39, 0.29) is 5.13 Å². The van der Waals surface area contributed by atoms with Crippen molar-refractivity contribution in [3.63, 3.8) is 0 Å². The maximum Gasteiger partial charge on any atom is 0.176 e. The third-order valence-electron chi connectivity index (χ3n) is 5.41. The van der Waals surface area contributed by atoms with Crippen LogP contribution >= 0.6 is 11.3 Å². The predicted molar refractivity (Wildman–Crippen MR) is 124 cm³/mol. The Morgan fingerprint density at radius 3 is 2.78 bits per heavy atom. The van der Waals surface area contributed by atoms with Crippen molar-refractivity contribution in [2.45, 2.75) is 0 Å². The predicted octanol–water partition coefficient (Wildman–Crippen LogP) is 6.04. The third-order valence-corrected chi connectivity index (χ3v) is 6.32. The zero-order valence-corrected chi connectivity index (χ0v) is 17.7. The van der Waals surface area contributed by atoms with Gasteiger partial charge in [-0.1, -0.05) is 12.1 Å². The Morgan fingerprint density at radius 2 is 1.94 bits per heavy atom. The van der Waals surface area contributed by atoms with Crippen molar-refractivity contribution < 1.29 is 9.13 Å². The second-order valence-electron chi connectivity index (χ2n) is 7.33. The molecule has 6 nitrogen and oxygen atoms in total. The van der Waals surface area contributed by atoms with E-state index in [1.165, 1.54) is 6.07 Å². The molecule has 0 radical (unpaired) electrons. The first-order chi connectivity index (χ1) is 15.7. The molecular weight excluding hydrogens is 425 g/mol. The summed E-state index contributed by atoms with van der Waals surface area (Å²) < 4.78 is 18.9. The van der Waals surface area contributed by atoms with Gasteiger partial charge in [-0.3, -0.25) is 10.1 Å². The molecule has 5 heterocycles. The molecule has 0 amide bonds. The van der Waals surface area contributed by atoms with Crippen LogP contribution in [0.25, 0.3) is 55.0 Å². The Hall–Kier alpha value is -4.04. The van der Waals surface area contributed by atoms with Gasteiger partial charge in [0, 0.05) is 33.1 Å². The fourth-order valence-corrected chi connectivity index (χ4v) is 4.64. The highest BCUT2D eigenvalue weighted by atomic mass is 32.1. The quantitative estimate of drug-likeness (QED) is 0.349. The van der Waals surface area contributed by atoms with Gasteiger partial charge >= 0.3 is 0 Å². The first-order valence-corrected chi connectivity index (χ1v) is 10.7. The standard InChI is InChI=1S/C24H16FN5OS/c1-31-14-9-13(11-26-12-14)17-5-6-19-23(28-17)24(30-29-19)20-10-16-15(3-2-4-18(16)27-20)21-7-8-22(25)32-21/h2-12,27H,1H3,(H,29,30). The molecule has 0 saturated heterocycles. The van der Waals surface area contributed by atoms with Gasteiger partial charge < -0.3 is 9.72 Å². The summed E-state index contributed by atoms with van der Waals surface area (Å²) in [4.78, 5) is 13.4. The van der Waals surface area contributed by atoms with E-state index < -0.39 is 0 Å². The van der Waals surface area contributed by atoms with Crippen molar-refractivity contribution >= 4 is 33.3 Å².